The predicted molar refractivity (Wildman–Crippen MR) is 56.5 cm³/mol. The van der Waals surface area contributed by atoms with Gasteiger partial charge in [0, 0.05) is 5.56 Å². The minimum atomic E-state index is -0.523. The smallest absolute Gasteiger partial charge is 0.132 e. The SMILES string of the molecule is N#Cc1ccc(-c2cccc(F)c2)c(F)c1. The number of benzene rings is 2. The molecule has 1 nitrogen and oxygen atoms in total. The second-order valence-corrected chi connectivity index (χ2v) is 3.32. The molecular weight excluding hydrogens is 208 g/mol. The number of rotatable bonds is 1. The summed E-state index contributed by atoms with van der Waals surface area (Å²) in [5, 5.41) is 8.59. The molecule has 0 amide bonds. The lowest BCUT2D eigenvalue weighted by molar-refractivity contribution is 0.624. The second-order valence-electron chi connectivity index (χ2n) is 3.32. The van der Waals surface area contributed by atoms with Gasteiger partial charge in [-0.2, -0.15) is 5.26 Å². The van der Waals surface area contributed by atoms with Crippen LogP contribution < -0.4 is 0 Å². The highest BCUT2D eigenvalue weighted by Gasteiger charge is 2.06. The maximum Gasteiger partial charge on any atom is 0.132 e. The van der Waals surface area contributed by atoms with E-state index in [2.05, 4.69) is 0 Å². The van der Waals surface area contributed by atoms with Crippen LogP contribution in [0.4, 0.5) is 8.78 Å². The summed E-state index contributed by atoms with van der Waals surface area (Å²) < 4.78 is 26.5. The quantitative estimate of drug-likeness (QED) is 0.714. The summed E-state index contributed by atoms with van der Waals surface area (Å²) in [6, 6.07) is 11.6. The van der Waals surface area contributed by atoms with Crippen molar-refractivity contribution >= 4 is 0 Å². The summed E-state index contributed by atoms with van der Waals surface area (Å²) in [5.41, 5.74) is 0.998. The first-order chi connectivity index (χ1) is 7.70. The van der Waals surface area contributed by atoms with Gasteiger partial charge in [0.1, 0.15) is 11.6 Å². The van der Waals surface area contributed by atoms with Gasteiger partial charge < -0.3 is 0 Å². The Morgan fingerprint density at radius 2 is 1.81 bits per heavy atom. The maximum atomic E-state index is 13.6. The van der Waals surface area contributed by atoms with Crippen LogP contribution in [0.15, 0.2) is 42.5 Å². The normalized spacial score (nSPS) is 9.81. The van der Waals surface area contributed by atoms with Crippen molar-refractivity contribution in [2.24, 2.45) is 0 Å². The number of hydrogen-bond acceptors (Lipinski definition) is 1. The summed E-state index contributed by atoms with van der Waals surface area (Å²) in [6.45, 7) is 0. The van der Waals surface area contributed by atoms with Crippen molar-refractivity contribution in [3.05, 3.63) is 59.7 Å². The lowest BCUT2D eigenvalue weighted by Crippen LogP contribution is -1.87. The molecule has 0 aliphatic rings. The molecule has 0 aromatic heterocycles. The highest BCUT2D eigenvalue weighted by atomic mass is 19.1. The van der Waals surface area contributed by atoms with E-state index in [1.54, 1.807) is 6.07 Å². The molecule has 0 saturated heterocycles. The molecule has 0 aliphatic carbocycles. The molecule has 0 fully saturated rings. The van der Waals surface area contributed by atoms with Crippen LogP contribution in [0.25, 0.3) is 11.1 Å². The van der Waals surface area contributed by atoms with Crippen LogP contribution in [0, 0.1) is 23.0 Å². The Hall–Kier alpha value is -2.21. The van der Waals surface area contributed by atoms with E-state index in [1.807, 2.05) is 6.07 Å². The van der Waals surface area contributed by atoms with Gasteiger partial charge in [-0.15, -0.1) is 0 Å². The largest absolute Gasteiger partial charge is 0.207 e. The Kier molecular flexibility index (Phi) is 2.65. The number of halogens is 2. The Morgan fingerprint density at radius 1 is 1.00 bits per heavy atom. The van der Waals surface area contributed by atoms with Gasteiger partial charge in [-0.05, 0) is 29.8 Å². The number of nitriles is 1. The molecule has 3 heteroatoms. The van der Waals surface area contributed by atoms with Crippen LogP contribution in [0.5, 0.6) is 0 Å². The molecule has 0 heterocycles. The van der Waals surface area contributed by atoms with Crippen molar-refractivity contribution in [1.82, 2.24) is 0 Å². The summed E-state index contributed by atoms with van der Waals surface area (Å²) >= 11 is 0. The van der Waals surface area contributed by atoms with Gasteiger partial charge in [-0.25, -0.2) is 8.78 Å². The van der Waals surface area contributed by atoms with Crippen molar-refractivity contribution in [2.75, 3.05) is 0 Å². The molecule has 2 rings (SSSR count). The zero-order valence-corrected chi connectivity index (χ0v) is 8.24. The van der Waals surface area contributed by atoms with Crippen molar-refractivity contribution < 1.29 is 8.78 Å². The van der Waals surface area contributed by atoms with Crippen LogP contribution in [0.2, 0.25) is 0 Å². The molecule has 0 N–H and O–H groups in total. The number of hydrogen-bond donors (Lipinski definition) is 0. The summed E-state index contributed by atoms with van der Waals surface area (Å²) in [4.78, 5) is 0. The average Bonchev–Trinajstić information content (AvgIpc) is 2.28. The van der Waals surface area contributed by atoms with Gasteiger partial charge in [0.25, 0.3) is 0 Å². The molecule has 0 aliphatic heterocycles. The van der Waals surface area contributed by atoms with Gasteiger partial charge in [-0.1, -0.05) is 18.2 Å². The third-order valence-corrected chi connectivity index (χ3v) is 2.23. The van der Waals surface area contributed by atoms with E-state index in [9.17, 15) is 8.78 Å². The first kappa shape index (κ1) is 10.3. The van der Waals surface area contributed by atoms with Crippen LogP contribution in [0.1, 0.15) is 5.56 Å². The Balaban J connectivity index is 2.53. The van der Waals surface area contributed by atoms with Crippen LogP contribution >= 0.6 is 0 Å². The minimum Gasteiger partial charge on any atom is -0.207 e. The molecule has 0 unspecified atom stereocenters. The standard InChI is InChI=1S/C13H7F2N/c14-11-3-1-2-10(7-11)12-5-4-9(8-16)6-13(12)15/h1-7H. The molecule has 0 spiro atoms. The van der Waals surface area contributed by atoms with Gasteiger partial charge in [0.2, 0.25) is 0 Å². The average molecular weight is 215 g/mol. The van der Waals surface area contributed by atoms with E-state index in [-0.39, 0.29) is 5.56 Å². The van der Waals surface area contributed by atoms with Gasteiger partial charge in [0.15, 0.2) is 0 Å². The molecule has 2 aromatic carbocycles. The topological polar surface area (TPSA) is 23.8 Å². The van der Waals surface area contributed by atoms with E-state index in [0.29, 0.717) is 11.1 Å². The van der Waals surface area contributed by atoms with Gasteiger partial charge >= 0.3 is 0 Å². The molecule has 2 aromatic rings. The third-order valence-electron chi connectivity index (χ3n) is 2.23. The lowest BCUT2D eigenvalue weighted by Gasteiger charge is -2.03. The Labute approximate surface area is 91.6 Å². The molecule has 0 saturated carbocycles. The van der Waals surface area contributed by atoms with Crippen molar-refractivity contribution in [3.63, 3.8) is 0 Å². The monoisotopic (exact) mass is 215 g/mol. The molecule has 0 atom stereocenters. The molecule has 0 bridgehead atoms. The lowest BCUT2D eigenvalue weighted by atomic mass is 10.0. The Morgan fingerprint density at radius 3 is 2.44 bits per heavy atom. The van der Waals surface area contributed by atoms with E-state index < -0.39 is 11.6 Å². The van der Waals surface area contributed by atoms with E-state index in [1.165, 1.54) is 30.3 Å². The van der Waals surface area contributed by atoms with E-state index in [0.717, 1.165) is 6.07 Å². The van der Waals surface area contributed by atoms with Crippen molar-refractivity contribution in [1.29, 1.82) is 5.26 Å². The van der Waals surface area contributed by atoms with Crippen LogP contribution in [-0.2, 0) is 0 Å². The fourth-order valence-corrected chi connectivity index (χ4v) is 1.47. The molecule has 78 valence electrons. The Bertz CT molecular complexity index is 570. The summed E-state index contributed by atoms with van der Waals surface area (Å²) in [6.07, 6.45) is 0. The second kappa shape index (κ2) is 4.11. The van der Waals surface area contributed by atoms with Crippen molar-refractivity contribution in [3.8, 4) is 17.2 Å². The molecule has 16 heavy (non-hydrogen) atoms. The highest BCUT2D eigenvalue weighted by molar-refractivity contribution is 5.65. The van der Waals surface area contributed by atoms with Gasteiger partial charge in [-0.3, -0.25) is 0 Å². The minimum absolute atomic E-state index is 0.248. The van der Waals surface area contributed by atoms with E-state index >= 15 is 0 Å². The van der Waals surface area contributed by atoms with Gasteiger partial charge in [0.05, 0.1) is 11.6 Å². The van der Waals surface area contributed by atoms with Crippen LogP contribution in [-0.4, -0.2) is 0 Å². The first-order valence-corrected chi connectivity index (χ1v) is 4.66. The third kappa shape index (κ3) is 1.91. The summed E-state index contributed by atoms with van der Waals surface area (Å²) in [7, 11) is 0. The fraction of sp³-hybridized carbons (Fsp3) is 0. The summed E-state index contributed by atoms with van der Waals surface area (Å²) in [5.74, 6) is -0.939. The maximum absolute atomic E-state index is 13.6. The fourth-order valence-electron chi connectivity index (χ4n) is 1.47. The van der Waals surface area contributed by atoms with E-state index in [4.69, 9.17) is 5.26 Å². The molecule has 0 radical (unpaired) electrons. The number of nitrogens with zero attached hydrogens (tertiary/aromatic N) is 1. The first-order valence-electron chi connectivity index (χ1n) is 4.66. The zero-order valence-electron chi connectivity index (χ0n) is 8.24. The highest BCUT2D eigenvalue weighted by Crippen LogP contribution is 2.23. The van der Waals surface area contributed by atoms with Crippen LogP contribution in [0.3, 0.4) is 0 Å². The zero-order chi connectivity index (χ0) is 11.5. The van der Waals surface area contributed by atoms with Crippen molar-refractivity contribution in [2.45, 2.75) is 0 Å². The molecular formula is C13H7F2N. The predicted octanol–water partition coefficient (Wildman–Crippen LogP) is 3.50.